The van der Waals surface area contributed by atoms with Crippen molar-refractivity contribution in [1.82, 2.24) is 10.1 Å². The standard InChI is InChI=1S/C9H14N2O2/c1-6(11(3)4)8-5-9(7(2)12)13-10-8/h5-6H,1-4H3. The highest BCUT2D eigenvalue weighted by molar-refractivity contribution is 5.91. The number of aromatic nitrogens is 1. The molecular weight excluding hydrogens is 168 g/mol. The third kappa shape index (κ3) is 2.15. The Balaban J connectivity index is 2.85. The first-order valence-electron chi connectivity index (χ1n) is 4.16. The van der Waals surface area contributed by atoms with E-state index in [-0.39, 0.29) is 11.8 Å². The first-order chi connectivity index (χ1) is 6.02. The number of carbonyl (C=O) groups excluding carboxylic acids is 1. The lowest BCUT2D eigenvalue weighted by Crippen LogP contribution is -2.16. The van der Waals surface area contributed by atoms with Gasteiger partial charge in [-0.1, -0.05) is 5.16 Å². The van der Waals surface area contributed by atoms with E-state index in [0.29, 0.717) is 5.76 Å². The quantitative estimate of drug-likeness (QED) is 0.664. The van der Waals surface area contributed by atoms with Crippen molar-refractivity contribution in [2.24, 2.45) is 0 Å². The summed E-state index contributed by atoms with van der Waals surface area (Å²) in [4.78, 5) is 12.9. The summed E-state index contributed by atoms with van der Waals surface area (Å²) in [6.45, 7) is 3.46. The summed E-state index contributed by atoms with van der Waals surface area (Å²) in [6.07, 6.45) is 0. The van der Waals surface area contributed by atoms with Gasteiger partial charge in [-0.05, 0) is 21.0 Å². The Morgan fingerprint density at radius 2 is 2.23 bits per heavy atom. The number of nitrogens with zero attached hydrogens (tertiary/aromatic N) is 2. The Kier molecular flexibility index (Phi) is 2.83. The molecular formula is C9H14N2O2. The molecule has 1 heterocycles. The van der Waals surface area contributed by atoms with Crippen molar-refractivity contribution in [3.05, 3.63) is 17.5 Å². The van der Waals surface area contributed by atoms with Crippen molar-refractivity contribution in [2.45, 2.75) is 19.9 Å². The predicted molar refractivity (Wildman–Crippen MR) is 48.6 cm³/mol. The third-order valence-electron chi connectivity index (χ3n) is 2.08. The van der Waals surface area contributed by atoms with Gasteiger partial charge in [0.05, 0.1) is 6.04 Å². The van der Waals surface area contributed by atoms with Crippen LogP contribution in [0.4, 0.5) is 0 Å². The maximum atomic E-state index is 10.9. The maximum Gasteiger partial charge on any atom is 0.202 e. The molecule has 0 aliphatic carbocycles. The average molecular weight is 182 g/mol. The van der Waals surface area contributed by atoms with E-state index in [1.54, 1.807) is 6.07 Å². The van der Waals surface area contributed by atoms with Gasteiger partial charge in [-0.25, -0.2) is 0 Å². The van der Waals surface area contributed by atoms with Crippen molar-refractivity contribution in [3.63, 3.8) is 0 Å². The largest absolute Gasteiger partial charge is 0.353 e. The Bertz CT molecular complexity index is 304. The van der Waals surface area contributed by atoms with E-state index >= 15 is 0 Å². The summed E-state index contributed by atoms with van der Waals surface area (Å²) in [7, 11) is 3.90. The van der Waals surface area contributed by atoms with Gasteiger partial charge in [0.2, 0.25) is 5.76 Å². The third-order valence-corrected chi connectivity index (χ3v) is 2.08. The highest BCUT2D eigenvalue weighted by Gasteiger charge is 2.15. The fourth-order valence-corrected chi connectivity index (χ4v) is 0.916. The number of rotatable bonds is 3. The van der Waals surface area contributed by atoms with Gasteiger partial charge in [0.15, 0.2) is 5.78 Å². The van der Waals surface area contributed by atoms with E-state index in [4.69, 9.17) is 4.52 Å². The van der Waals surface area contributed by atoms with Crippen LogP contribution in [0.15, 0.2) is 10.6 Å². The summed E-state index contributed by atoms with van der Waals surface area (Å²) < 4.78 is 4.87. The highest BCUT2D eigenvalue weighted by Crippen LogP contribution is 2.16. The molecule has 1 rings (SSSR count). The van der Waals surface area contributed by atoms with Crippen LogP contribution in [0.1, 0.15) is 36.1 Å². The van der Waals surface area contributed by atoms with Crippen molar-refractivity contribution < 1.29 is 9.32 Å². The van der Waals surface area contributed by atoms with Crippen molar-refractivity contribution in [2.75, 3.05) is 14.1 Å². The van der Waals surface area contributed by atoms with Gasteiger partial charge in [-0.3, -0.25) is 4.79 Å². The lowest BCUT2D eigenvalue weighted by molar-refractivity contribution is 0.0978. The van der Waals surface area contributed by atoms with Crippen LogP contribution in [-0.2, 0) is 0 Å². The molecule has 0 N–H and O–H groups in total. The Labute approximate surface area is 77.5 Å². The van der Waals surface area contributed by atoms with Crippen LogP contribution in [0.5, 0.6) is 0 Å². The zero-order chi connectivity index (χ0) is 10.0. The molecule has 0 aliphatic heterocycles. The molecule has 0 bridgehead atoms. The second-order valence-electron chi connectivity index (χ2n) is 3.31. The van der Waals surface area contributed by atoms with Gasteiger partial charge >= 0.3 is 0 Å². The molecule has 0 aromatic carbocycles. The molecule has 0 radical (unpaired) electrons. The van der Waals surface area contributed by atoms with Gasteiger partial charge in [0.25, 0.3) is 0 Å². The second-order valence-corrected chi connectivity index (χ2v) is 3.31. The lowest BCUT2D eigenvalue weighted by atomic mass is 10.2. The molecule has 0 spiro atoms. The van der Waals surface area contributed by atoms with E-state index in [1.165, 1.54) is 6.92 Å². The summed E-state index contributed by atoms with van der Waals surface area (Å²) in [5.41, 5.74) is 0.787. The SMILES string of the molecule is CC(=O)c1cc(C(C)N(C)C)no1. The number of ketones is 1. The van der Waals surface area contributed by atoms with Crippen LogP contribution >= 0.6 is 0 Å². The van der Waals surface area contributed by atoms with Crippen LogP contribution in [-0.4, -0.2) is 29.9 Å². The van der Waals surface area contributed by atoms with E-state index in [2.05, 4.69) is 5.16 Å². The molecule has 1 unspecified atom stereocenters. The predicted octanol–water partition coefficient (Wildman–Crippen LogP) is 1.50. The van der Waals surface area contributed by atoms with Crippen molar-refractivity contribution >= 4 is 5.78 Å². The number of hydrogen-bond acceptors (Lipinski definition) is 4. The van der Waals surface area contributed by atoms with Gasteiger partial charge in [-0.15, -0.1) is 0 Å². The Morgan fingerprint density at radius 3 is 2.62 bits per heavy atom. The minimum Gasteiger partial charge on any atom is -0.353 e. The van der Waals surface area contributed by atoms with Crippen LogP contribution in [0, 0.1) is 0 Å². The normalized spacial score (nSPS) is 13.3. The maximum absolute atomic E-state index is 10.9. The van der Waals surface area contributed by atoms with Crippen molar-refractivity contribution in [1.29, 1.82) is 0 Å². The molecule has 0 saturated heterocycles. The number of hydrogen-bond donors (Lipinski definition) is 0. The lowest BCUT2D eigenvalue weighted by Gasteiger charge is -2.15. The molecule has 72 valence electrons. The molecule has 13 heavy (non-hydrogen) atoms. The van der Waals surface area contributed by atoms with E-state index in [9.17, 15) is 4.79 Å². The smallest absolute Gasteiger partial charge is 0.202 e. The average Bonchev–Trinajstić information content (AvgIpc) is 2.50. The topological polar surface area (TPSA) is 46.3 Å². The monoisotopic (exact) mass is 182 g/mol. The first kappa shape index (κ1) is 9.92. The van der Waals surface area contributed by atoms with Crippen LogP contribution in [0.3, 0.4) is 0 Å². The minimum absolute atomic E-state index is 0.0929. The van der Waals surface area contributed by atoms with Crippen LogP contribution in [0.2, 0.25) is 0 Å². The zero-order valence-corrected chi connectivity index (χ0v) is 8.37. The van der Waals surface area contributed by atoms with Gasteiger partial charge in [-0.2, -0.15) is 0 Å². The molecule has 4 heteroatoms. The van der Waals surface area contributed by atoms with E-state index in [1.807, 2.05) is 25.9 Å². The molecule has 0 fully saturated rings. The van der Waals surface area contributed by atoms with Crippen molar-refractivity contribution in [3.8, 4) is 0 Å². The van der Waals surface area contributed by atoms with Crippen LogP contribution in [0.25, 0.3) is 0 Å². The summed E-state index contributed by atoms with van der Waals surface area (Å²) in [5, 5.41) is 3.82. The molecule has 0 aliphatic rings. The van der Waals surface area contributed by atoms with Gasteiger partial charge in [0.1, 0.15) is 5.69 Å². The first-order valence-corrected chi connectivity index (χ1v) is 4.16. The molecule has 0 amide bonds. The Hall–Kier alpha value is -1.16. The summed E-state index contributed by atoms with van der Waals surface area (Å²) in [5.74, 6) is 0.230. The molecule has 1 aromatic rings. The molecule has 0 saturated carbocycles. The van der Waals surface area contributed by atoms with Crippen LogP contribution < -0.4 is 0 Å². The second kappa shape index (κ2) is 3.70. The Morgan fingerprint density at radius 1 is 1.62 bits per heavy atom. The van der Waals surface area contributed by atoms with E-state index < -0.39 is 0 Å². The summed E-state index contributed by atoms with van der Waals surface area (Å²) in [6, 6.07) is 1.85. The highest BCUT2D eigenvalue weighted by atomic mass is 16.5. The van der Waals surface area contributed by atoms with Gasteiger partial charge in [0, 0.05) is 13.0 Å². The summed E-state index contributed by atoms with van der Waals surface area (Å²) >= 11 is 0. The number of carbonyl (C=O) groups is 1. The molecule has 4 nitrogen and oxygen atoms in total. The minimum atomic E-state index is -0.0929. The fraction of sp³-hybridized carbons (Fsp3) is 0.556. The van der Waals surface area contributed by atoms with E-state index in [0.717, 1.165) is 5.69 Å². The zero-order valence-electron chi connectivity index (χ0n) is 8.37. The van der Waals surface area contributed by atoms with Gasteiger partial charge < -0.3 is 9.42 Å². The fourth-order valence-electron chi connectivity index (χ4n) is 0.916. The molecule has 1 atom stereocenters. The molecule has 1 aromatic heterocycles. The number of Topliss-reactive ketones (excluding diaryl/α,β-unsaturated/α-hetero) is 1.